The molecule has 1 atom stereocenters. The highest BCUT2D eigenvalue weighted by Gasteiger charge is 2.12. The second-order valence-corrected chi connectivity index (χ2v) is 4.73. The Hall–Kier alpha value is -2.25. The molecule has 0 saturated carbocycles. The van der Waals surface area contributed by atoms with Crippen LogP contribution in [0.2, 0.25) is 0 Å². The lowest BCUT2D eigenvalue weighted by molar-refractivity contribution is 0.397. The van der Waals surface area contributed by atoms with E-state index >= 15 is 0 Å². The quantitative estimate of drug-likeness (QED) is 0.905. The molecule has 0 amide bonds. The molecule has 1 aromatic carbocycles. The molecule has 0 aliphatic heterocycles. The molecule has 1 N–H and O–H groups in total. The van der Waals surface area contributed by atoms with E-state index in [0.29, 0.717) is 12.3 Å². The first kappa shape index (κ1) is 14.2. The number of furan rings is 1. The number of ether oxygens (including phenoxy) is 1. The molecular formula is C16H18N2O2. The van der Waals surface area contributed by atoms with Crippen LogP contribution in [0.4, 0.5) is 0 Å². The van der Waals surface area contributed by atoms with Crippen LogP contribution in [0.1, 0.15) is 35.6 Å². The summed E-state index contributed by atoms with van der Waals surface area (Å²) in [6.07, 6.45) is 0. The van der Waals surface area contributed by atoms with Crippen LogP contribution in [0.15, 0.2) is 34.7 Å². The first-order chi connectivity index (χ1) is 9.63. The molecule has 0 spiro atoms. The minimum absolute atomic E-state index is 0.125. The van der Waals surface area contributed by atoms with Gasteiger partial charge in [0.25, 0.3) is 0 Å². The molecule has 2 rings (SSSR count). The largest absolute Gasteiger partial charge is 0.496 e. The molecule has 1 heterocycles. The van der Waals surface area contributed by atoms with Crippen molar-refractivity contribution in [2.75, 3.05) is 7.11 Å². The van der Waals surface area contributed by atoms with Crippen molar-refractivity contribution in [1.82, 2.24) is 5.32 Å². The van der Waals surface area contributed by atoms with Crippen molar-refractivity contribution < 1.29 is 9.15 Å². The zero-order valence-corrected chi connectivity index (χ0v) is 11.9. The average Bonchev–Trinajstić information content (AvgIpc) is 2.92. The van der Waals surface area contributed by atoms with E-state index in [-0.39, 0.29) is 6.04 Å². The number of hydrogen-bond donors (Lipinski definition) is 1. The molecule has 4 nitrogen and oxygen atoms in total. The number of nitriles is 1. The summed E-state index contributed by atoms with van der Waals surface area (Å²) in [6.45, 7) is 4.70. The van der Waals surface area contributed by atoms with Gasteiger partial charge in [0, 0.05) is 11.6 Å². The van der Waals surface area contributed by atoms with Crippen LogP contribution in [0.5, 0.6) is 5.75 Å². The summed E-state index contributed by atoms with van der Waals surface area (Å²) in [6, 6.07) is 11.7. The number of nitrogens with one attached hydrogen (secondary N) is 1. The van der Waals surface area contributed by atoms with Crippen molar-refractivity contribution in [2.24, 2.45) is 0 Å². The molecule has 0 radical (unpaired) electrons. The van der Waals surface area contributed by atoms with Crippen LogP contribution in [-0.2, 0) is 6.54 Å². The van der Waals surface area contributed by atoms with Crippen LogP contribution in [0.25, 0.3) is 0 Å². The van der Waals surface area contributed by atoms with E-state index in [0.717, 1.165) is 17.1 Å². The van der Waals surface area contributed by atoms with Crippen molar-refractivity contribution >= 4 is 0 Å². The van der Waals surface area contributed by atoms with Gasteiger partial charge in [0.05, 0.1) is 13.7 Å². The van der Waals surface area contributed by atoms with Gasteiger partial charge in [0.2, 0.25) is 5.76 Å². The molecule has 20 heavy (non-hydrogen) atoms. The highest BCUT2D eigenvalue weighted by atomic mass is 16.5. The highest BCUT2D eigenvalue weighted by Crippen LogP contribution is 2.26. The van der Waals surface area contributed by atoms with Crippen LogP contribution in [-0.4, -0.2) is 7.11 Å². The summed E-state index contributed by atoms with van der Waals surface area (Å²) in [5.41, 5.74) is 2.30. The third-order valence-corrected chi connectivity index (χ3v) is 3.21. The number of benzene rings is 1. The first-order valence-corrected chi connectivity index (χ1v) is 6.50. The molecule has 1 unspecified atom stereocenters. The zero-order valence-electron chi connectivity index (χ0n) is 11.9. The topological polar surface area (TPSA) is 58.2 Å². The first-order valence-electron chi connectivity index (χ1n) is 6.50. The third kappa shape index (κ3) is 3.19. The van der Waals surface area contributed by atoms with Crippen molar-refractivity contribution in [3.05, 3.63) is 53.0 Å². The van der Waals surface area contributed by atoms with Gasteiger partial charge < -0.3 is 14.5 Å². The van der Waals surface area contributed by atoms with E-state index in [1.165, 1.54) is 5.56 Å². The molecule has 0 bridgehead atoms. The molecular weight excluding hydrogens is 252 g/mol. The van der Waals surface area contributed by atoms with E-state index in [1.54, 1.807) is 13.2 Å². The van der Waals surface area contributed by atoms with E-state index in [2.05, 4.69) is 25.2 Å². The summed E-state index contributed by atoms with van der Waals surface area (Å²) in [4.78, 5) is 0. The monoisotopic (exact) mass is 270 g/mol. The fourth-order valence-electron chi connectivity index (χ4n) is 2.09. The molecule has 0 aliphatic rings. The Labute approximate surface area is 119 Å². The molecule has 4 heteroatoms. The van der Waals surface area contributed by atoms with Gasteiger partial charge in [0.1, 0.15) is 17.6 Å². The summed E-state index contributed by atoms with van der Waals surface area (Å²) in [5.74, 6) is 1.95. The summed E-state index contributed by atoms with van der Waals surface area (Å²) in [7, 11) is 1.67. The third-order valence-electron chi connectivity index (χ3n) is 3.21. The SMILES string of the molecule is COc1ccc(C)cc1C(C)NCc1ccc(C#N)o1. The van der Waals surface area contributed by atoms with Crippen molar-refractivity contribution in [3.8, 4) is 11.8 Å². The molecule has 0 fully saturated rings. The number of methoxy groups -OCH3 is 1. The Kier molecular flexibility index (Phi) is 4.44. The maximum Gasteiger partial charge on any atom is 0.203 e. The van der Waals surface area contributed by atoms with Gasteiger partial charge >= 0.3 is 0 Å². The second-order valence-electron chi connectivity index (χ2n) is 4.73. The van der Waals surface area contributed by atoms with Crippen molar-refractivity contribution in [1.29, 1.82) is 5.26 Å². The maximum absolute atomic E-state index is 8.72. The van der Waals surface area contributed by atoms with Crippen LogP contribution in [0.3, 0.4) is 0 Å². The lowest BCUT2D eigenvalue weighted by Gasteiger charge is -2.17. The fraction of sp³-hybridized carbons (Fsp3) is 0.312. The van der Waals surface area contributed by atoms with Crippen molar-refractivity contribution in [3.63, 3.8) is 0 Å². The lowest BCUT2D eigenvalue weighted by Crippen LogP contribution is -2.18. The minimum Gasteiger partial charge on any atom is -0.496 e. The average molecular weight is 270 g/mol. The van der Waals surface area contributed by atoms with E-state index in [9.17, 15) is 0 Å². The summed E-state index contributed by atoms with van der Waals surface area (Å²) < 4.78 is 10.7. The molecule has 0 saturated heterocycles. The normalized spacial score (nSPS) is 11.9. The van der Waals surface area contributed by atoms with Crippen LogP contribution in [0, 0.1) is 18.3 Å². The maximum atomic E-state index is 8.72. The zero-order chi connectivity index (χ0) is 14.5. The standard InChI is InChI=1S/C16H18N2O2/c1-11-4-7-16(19-3)15(8-11)12(2)18-10-14-6-5-13(9-17)20-14/h4-8,12,18H,10H2,1-3H3. The Morgan fingerprint density at radius 2 is 2.15 bits per heavy atom. The highest BCUT2D eigenvalue weighted by molar-refractivity contribution is 5.38. The van der Waals surface area contributed by atoms with Gasteiger partial charge in [-0.15, -0.1) is 0 Å². The molecule has 104 valence electrons. The predicted molar refractivity (Wildman–Crippen MR) is 76.4 cm³/mol. The van der Waals surface area contributed by atoms with Gasteiger partial charge in [-0.05, 0) is 32.0 Å². The molecule has 1 aromatic heterocycles. The van der Waals surface area contributed by atoms with Gasteiger partial charge in [-0.1, -0.05) is 17.7 Å². The molecule has 0 aliphatic carbocycles. The van der Waals surface area contributed by atoms with E-state index < -0.39 is 0 Å². The smallest absolute Gasteiger partial charge is 0.203 e. The Balaban J connectivity index is 2.06. The molecule has 2 aromatic rings. The Bertz CT molecular complexity index is 626. The van der Waals surface area contributed by atoms with Gasteiger partial charge in [-0.3, -0.25) is 0 Å². The van der Waals surface area contributed by atoms with E-state index in [4.69, 9.17) is 14.4 Å². The second kappa shape index (κ2) is 6.27. The summed E-state index contributed by atoms with van der Waals surface area (Å²) >= 11 is 0. The Morgan fingerprint density at radius 3 is 2.80 bits per heavy atom. The number of rotatable bonds is 5. The number of aryl methyl sites for hydroxylation is 1. The fourth-order valence-corrected chi connectivity index (χ4v) is 2.09. The van der Waals surface area contributed by atoms with E-state index in [1.807, 2.05) is 24.3 Å². The van der Waals surface area contributed by atoms with Crippen LogP contribution < -0.4 is 10.1 Å². The van der Waals surface area contributed by atoms with Gasteiger partial charge in [-0.2, -0.15) is 5.26 Å². The lowest BCUT2D eigenvalue weighted by atomic mass is 10.0. The number of hydrogen-bond acceptors (Lipinski definition) is 4. The summed E-state index contributed by atoms with van der Waals surface area (Å²) in [5, 5.41) is 12.1. The number of nitrogens with zero attached hydrogens (tertiary/aromatic N) is 1. The Morgan fingerprint density at radius 1 is 1.35 bits per heavy atom. The minimum atomic E-state index is 0.125. The van der Waals surface area contributed by atoms with Gasteiger partial charge in [-0.25, -0.2) is 0 Å². The van der Waals surface area contributed by atoms with Gasteiger partial charge in [0.15, 0.2) is 0 Å². The van der Waals surface area contributed by atoms with Crippen molar-refractivity contribution in [2.45, 2.75) is 26.4 Å². The van der Waals surface area contributed by atoms with Crippen LogP contribution >= 0.6 is 0 Å². The predicted octanol–water partition coefficient (Wildman–Crippen LogP) is 3.32.